The number of nitrogens with zero attached hydrogens (tertiary/aromatic N) is 2. The molecule has 1 N–H and O–H groups in total. The van der Waals surface area contributed by atoms with Gasteiger partial charge in [0.05, 0.1) is 11.9 Å². The molecule has 0 atom stereocenters. The summed E-state index contributed by atoms with van der Waals surface area (Å²) in [7, 11) is 2.04. The Balaban J connectivity index is 1.82. The normalized spacial score (nSPS) is 10.3. The topological polar surface area (TPSA) is 54.5 Å². The molecule has 0 saturated carbocycles. The summed E-state index contributed by atoms with van der Waals surface area (Å²) in [4.78, 5) is 18.4. The van der Waals surface area contributed by atoms with Gasteiger partial charge in [0.1, 0.15) is 11.6 Å². The quantitative estimate of drug-likeness (QED) is 0.804. The van der Waals surface area contributed by atoms with Gasteiger partial charge in [-0.1, -0.05) is 31.0 Å². The summed E-state index contributed by atoms with van der Waals surface area (Å²) in [6, 6.07) is 11.4. The van der Waals surface area contributed by atoms with Gasteiger partial charge in [0.25, 0.3) is 5.91 Å². The Morgan fingerprint density at radius 2 is 1.96 bits per heavy atom. The number of aryl methyl sites for hydroxylation is 1. The zero-order valence-electron chi connectivity index (χ0n) is 14.6. The number of benzene rings is 1. The number of rotatable bonds is 8. The van der Waals surface area contributed by atoms with Crippen molar-refractivity contribution in [3.8, 4) is 5.75 Å². The number of carbonyl (C=O) groups excluding carboxylic acids is 1. The second-order valence-electron chi connectivity index (χ2n) is 5.83. The first-order valence-corrected chi connectivity index (χ1v) is 8.25. The number of ether oxygens (including phenoxy) is 1. The molecule has 2 rings (SSSR count). The van der Waals surface area contributed by atoms with Crippen LogP contribution in [0.5, 0.6) is 5.75 Å². The Bertz CT molecular complexity index is 639. The minimum absolute atomic E-state index is 0.0388. The lowest BCUT2D eigenvalue weighted by atomic mass is 10.2. The number of aromatic nitrogens is 1. The summed E-state index contributed by atoms with van der Waals surface area (Å²) in [5, 5.41) is 2.74. The van der Waals surface area contributed by atoms with Gasteiger partial charge in [-0.05, 0) is 37.6 Å². The Morgan fingerprint density at radius 1 is 1.21 bits per heavy atom. The minimum atomic E-state index is -0.227. The number of hydrogen-bond donors (Lipinski definition) is 1. The summed E-state index contributed by atoms with van der Waals surface area (Å²) < 4.78 is 5.45. The van der Waals surface area contributed by atoms with Crippen LogP contribution in [0.4, 0.5) is 11.5 Å². The molecule has 5 nitrogen and oxygen atoms in total. The van der Waals surface area contributed by atoms with Gasteiger partial charge in [-0.3, -0.25) is 4.79 Å². The standard InChI is InChI=1S/C19H25N3O2/c1-4-5-12-22(3)16-8-11-18(20-13-16)21-19(23)14-24-17-9-6-15(2)7-10-17/h6-11,13H,4-5,12,14H2,1-3H3,(H,20,21,23). The summed E-state index contributed by atoms with van der Waals surface area (Å²) >= 11 is 0. The molecule has 24 heavy (non-hydrogen) atoms. The smallest absolute Gasteiger partial charge is 0.263 e. The number of pyridine rings is 1. The van der Waals surface area contributed by atoms with E-state index >= 15 is 0 Å². The zero-order chi connectivity index (χ0) is 17.4. The van der Waals surface area contributed by atoms with E-state index in [4.69, 9.17) is 4.74 Å². The minimum Gasteiger partial charge on any atom is -0.484 e. The van der Waals surface area contributed by atoms with Gasteiger partial charge >= 0.3 is 0 Å². The number of unbranched alkanes of at least 4 members (excludes halogenated alkanes) is 1. The highest BCUT2D eigenvalue weighted by Gasteiger charge is 2.06. The highest BCUT2D eigenvalue weighted by molar-refractivity contribution is 5.91. The van der Waals surface area contributed by atoms with Crippen molar-refractivity contribution >= 4 is 17.4 Å². The van der Waals surface area contributed by atoms with E-state index in [0.717, 1.165) is 30.6 Å². The molecular formula is C19H25N3O2. The molecule has 0 spiro atoms. The zero-order valence-corrected chi connectivity index (χ0v) is 14.6. The highest BCUT2D eigenvalue weighted by atomic mass is 16.5. The molecule has 0 aliphatic carbocycles. The van der Waals surface area contributed by atoms with Crippen molar-refractivity contribution in [1.29, 1.82) is 0 Å². The van der Waals surface area contributed by atoms with Crippen LogP contribution in [0.2, 0.25) is 0 Å². The van der Waals surface area contributed by atoms with Gasteiger partial charge < -0.3 is 15.0 Å². The van der Waals surface area contributed by atoms with Gasteiger partial charge in [0.2, 0.25) is 0 Å². The van der Waals surface area contributed by atoms with Crippen molar-refractivity contribution in [2.45, 2.75) is 26.7 Å². The molecule has 0 aliphatic rings. The van der Waals surface area contributed by atoms with E-state index in [0.29, 0.717) is 11.6 Å². The lowest BCUT2D eigenvalue weighted by molar-refractivity contribution is -0.118. The van der Waals surface area contributed by atoms with Gasteiger partial charge in [-0.2, -0.15) is 0 Å². The van der Waals surface area contributed by atoms with Crippen LogP contribution in [0.3, 0.4) is 0 Å². The summed E-state index contributed by atoms with van der Waals surface area (Å²) in [6.45, 7) is 5.13. The van der Waals surface area contributed by atoms with Crippen molar-refractivity contribution in [1.82, 2.24) is 4.98 Å². The monoisotopic (exact) mass is 327 g/mol. The number of anilines is 2. The first-order chi connectivity index (χ1) is 11.6. The summed E-state index contributed by atoms with van der Waals surface area (Å²) in [6.07, 6.45) is 4.07. The summed E-state index contributed by atoms with van der Waals surface area (Å²) in [5.41, 5.74) is 2.19. The fourth-order valence-electron chi connectivity index (χ4n) is 2.17. The number of carbonyl (C=O) groups is 1. The second-order valence-corrected chi connectivity index (χ2v) is 5.83. The van der Waals surface area contributed by atoms with Crippen LogP contribution in [-0.4, -0.2) is 31.1 Å². The first kappa shape index (κ1) is 17.8. The molecule has 1 aromatic heterocycles. The van der Waals surface area contributed by atoms with Crippen molar-refractivity contribution in [3.63, 3.8) is 0 Å². The Kier molecular flexibility index (Phi) is 6.61. The highest BCUT2D eigenvalue weighted by Crippen LogP contribution is 2.15. The molecule has 0 bridgehead atoms. The average molecular weight is 327 g/mol. The van der Waals surface area contributed by atoms with E-state index in [1.807, 2.05) is 50.4 Å². The lowest BCUT2D eigenvalue weighted by Gasteiger charge is -2.18. The molecule has 1 amide bonds. The first-order valence-electron chi connectivity index (χ1n) is 8.25. The molecule has 0 aliphatic heterocycles. The van der Waals surface area contributed by atoms with Crippen molar-refractivity contribution < 1.29 is 9.53 Å². The summed E-state index contributed by atoms with van der Waals surface area (Å²) in [5.74, 6) is 0.979. The van der Waals surface area contributed by atoms with Crippen molar-refractivity contribution in [2.24, 2.45) is 0 Å². The fraction of sp³-hybridized carbons (Fsp3) is 0.368. The SMILES string of the molecule is CCCCN(C)c1ccc(NC(=O)COc2ccc(C)cc2)nc1. The van der Waals surface area contributed by atoms with Crippen LogP contribution < -0.4 is 15.0 Å². The Morgan fingerprint density at radius 3 is 2.58 bits per heavy atom. The van der Waals surface area contributed by atoms with E-state index in [1.54, 1.807) is 6.20 Å². The van der Waals surface area contributed by atoms with Crippen LogP contribution >= 0.6 is 0 Å². The molecule has 1 aromatic carbocycles. The molecule has 0 radical (unpaired) electrons. The molecule has 5 heteroatoms. The molecule has 0 unspecified atom stereocenters. The largest absolute Gasteiger partial charge is 0.484 e. The maximum atomic E-state index is 11.9. The maximum absolute atomic E-state index is 11.9. The molecule has 0 saturated heterocycles. The third-order valence-corrected chi connectivity index (χ3v) is 3.69. The van der Waals surface area contributed by atoms with Crippen LogP contribution in [-0.2, 0) is 4.79 Å². The van der Waals surface area contributed by atoms with Crippen LogP contribution in [0.25, 0.3) is 0 Å². The van der Waals surface area contributed by atoms with E-state index in [1.165, 1.54) is 0 Å². The average Bonchev–Trinajstić information content (AvgIpc) is 2.60. The predicted molar refractivity (Wildman–Crippen MR) is 97.7 cm³/mol. The fourth-order valence-corrected chi connectivity index (χ4v) is 2.17. The van der Waals surface area contributed by atoms with E-state index in [2.05, 4.69) is 22.1 Å². The third-order valence-electron chi connectivity index (χ3n) is 3.69. The van der Waals surface area contributed by atoms with E-state index < -0.39 is 0 Å². The second kappa shape index (κ2) is 8.91. The Hall–Kier alpha value is -2.56. The van der Waals surface area contributed by atoms with Gasteiger partial charge in [0.15, 0.2) is 6.61 Å². The van der Waals surface area contributed by atoms with Crippen LogP contribution in [0.15, 0.2) is 42.6 Å². The lowest BCUT2D eigenvalue weighted by Crippen LogP contribution is -2.21. The van der Waals surface area contributed by atoms with Gasteiger partial charge in [-0.25, -0.2) is 4.98 Å². The maximum Gasteiger partial charge on any atom is 0.263 e. The molecule has 1 heterocycles. The van der Waals surface area contributed by atoms with Gasteiger partial charge in [-0.15, -0.1) is 0 Å². The number of amides is 1. The number of hydrogen-bond acceptors (Lipinski definition) is 4. The third kappa shape index (κ3) is 5.57. The molecule has 0 fully saturated rings. The Labute approximate surface area is 143 Å². The van der Waals surface area contributed by atoms with Crippen LogP contribution in [0.1, 0.15) is 25.3 Å². The van der Waals surface area contributed by atoms with Crippen molar-refractivity contribution in [2.75, 3.05) is 30.4 Å². The van der Waals surface area contributed by atoms with E-state index in [9.17, 15) is 4.79 Å². The molecule has 2 aromatic rings. The van der Waals surface area contributed by atoms with Gasteiger partial charge in [0, 0.05) is 13.6 Å². The van der Waals surface area contributed by atoms with Crippen LogP contribution in [0, 0.1) is 6.92 Å². The van der Waals surface area contributed by atoms with E-state index in [-0.39, 0.29) is 12.5 Å². The van der Waals surface area contributed by atoms with Crippen molar-refractivity contribution in [3.05, 3.63) is 48.2 Å². The molecule has 128 valence electrons. The number of nitrogens with one attached hydrogen (secondary N) is 1. The molecular weight excluding hydrogens is 302 g/mol. The predicted octanol–water partition coefficient (Wildman–Crippen LogP) is 3.64.